The van der Waals surface area contributed by atoms with Crippen molar-refractivity contribution in [3.8, 4) is 0 Å². The van der Waals surface area contributed by atoms with E-state index in [1.807, 2.05) is 6.08 Å². The van der Waals surface area contributed by atoms with E-state index >= 15 is 0 Å². The number of allylic oxidation sites excluding steroid dienone is 1. The molecule has 0 spiro atoms. The molecule has 0 aromatic rings. The summed E-state index contributed by atoms with van der Waals surface area (Å²) in [5.41, 5.74) is 4.93. The van der Waals surface area contributed by atoms with Gasteiger partial charge in [0, 0.05) is 6.54 Å². The van der Waals surface area contributed by atoms with Crippen LogP contribution in [0.4, 0.5) is 4.79 Å². The first-order chi connectivity index (χ1) is 7.57. The molecule has 0 aliphatic rings. The lowest BCUT2D eigenvalue weighted by molar-refractivity contribution is -0.118. The third kappa shape index (κ3) is 7.84. The van der Waals surface area contributed by atoms with E-state index in [4.69, 9.17) is 10.8 Å². The quantitative estimate of drug-likeness (QED) is 0.488. The van der Waals surface area contributed by atoms with E-state index in [-0.39, 0.29) is 13.1 Å². The molecule has 0 fully saturated rings. The highest BCUT2D eigenvalue weighted by molar-refractivity contribution is 5.80. The maximum atomic E-state index is 10.7. The third-order valence-electron chi connectivity index (χ3n) is 2.08. The highest BCUT2D eigenvalue weighted by Gasteiger charge is 2.11. The number of carboxylic acid groups (broad SMARTS) is 1. The standard InChI is InChI=1S/C11H20N2O3/c1-2-3-4-5-6-7-8-13(11(15)16)9-10(12)14/h6-7H,2-5,8-9H2,1H3,(H2,12,14)(H,15,16)/b7-6+. The fourth-order valence-electron chi connectivity index (χ4n) is 1.23. The van der Waals surface area contributed by atoms with E-state index in [1.54, 1.807) is 6.08 Å². The summed E-state index contributed by atoms with van der Waals surface area (Å²) < 4.78 is 0. The molecule has 0 rings (SSSR count). The Bertz CT molecular complexity index is 252. The molecule has 0 atom stereocenters. The van der Waals surface area contributed by atoms with Gasteiger partial charge in [0.2, 0.25) is 5.91 Å². The molecule has 5 nitrogen and oxygen atoms in total. The third-order valence-corrected chi connectivity index (χ3v) is 2.08. The highest BCUT2D eigenvalue weighted by Crippen LogP contribution is 2.00. The molecule has 0 aromatic carbocycles. The van der Waals surface area contributed by atoms with Crippen LogP contribution in [0.25, 0.3) is 0 Å². The highest BCUT2D eigenvalue weighted by atomic mass is 16.4. The van der Waals surface area contributed by atoms with Crippen LogP contribution in [0.5, 0.6) is 0 Å². The fourth-order valence-corrected chi connectivity index (χ4v) is 1.23. The largest absolute Gasteiger partial charge is 0.465 e. The van der Waals surface area contributed by atoms with Crippen molar-refractivity contribution in [2.24, 2.45) is 5.73 Å². The van der Waals surface area contributed by atoms with Crippen molar-refractivity contribution in [3.05, 3.63) is 12.2 Å². The van der Waals surface area contributed by atoms with E-state index < -0.39 is 12.0 Å². The van der Waals surface area contributed by atoms with Crippen molar-refractivity contribution in [2.75, 3.05) is 13.1 Å². The zero-order chi connectivity index (χ0) is 12.4. The van der Waals surface area contributed by atoms with Gasteiger partial charge < -0.3 is 10.8 Å². The molecule has 0 saturated heterocycles. The van der Waals surface area contributed by atoms with Crippen LogP contribution >= 0.6 is 0 Å². The molecule has 0 saturated carbocycles. The number of nitrogens with two attached hydrogens (primary N) is 1. The summed E-state index contributed by atoms with van der Waals surface area (Å²) in [6.45, 7) is 2.09. The summed E-state index contributed by atoms with van der Waals surface area (Å²) in [6.07, 6.45) is 6.95. The van der Waals surface area contributed by atoms with Crippen molar-refractivity contribution >= 4 is 12.0 Å². The zero-order valence-electron chi connectivity index (χ0n) is 9.69. The molecule has 0 bridgehead atoms. The van der Waals surface area contributed by atoms with Crippen LogP contribution in [0, 0.1) is 0 Å². The second-order valence-corrected chi connectivity index (χ2v) is 3.60. The molecular formula is C11H20N2O3. The fraction of sp³-hybridized carbons (Fsp3) is 0.636. The second-order valence-electron chi connectivity index (χ2n) is 3.60. The van der Waals surface area contributed by atoms with Gasteiger partial charge in [-0.2, -0.15) is 0 Å². The van der Waals surface area contributed by atoms with Crippen molar-refractivity contribution < 1.29 is 14.7 Å². The summed E-state index contributed by atoms with van der Waals surface area (Å²) in [7, 11) is 0. The average molecular weight is 228 g/mol. The maximum Gasteiger partial charge on any atom is 0.408 e. The summed E-state index contributed by atoms with van der Waals surface area (Å²) in [5.74, 6) is -0.637. The predicted octanol–water partition coefficient (Wildman–Crippen LogP) is 1.59. The summed E-state index contributed by atoms with van der Waals surface area (Å²) in [4.78, 5) is 22.3. The number of hydrogen-bond acceptors (Lipinski definition) is 2. The smallest absolute Gasteiger partial charge is 0.408 e. The number of hydrogen-bond donors (Lipinski definition) is 2. The molecule has 2 amide bonds. The monoisotopic (exact) mass is 228 g/mol. The Morgan fingerprint density at radius 3 is 2.50 bits per heavy atom. The van der Waals surface area contributed by atoms with Gasteiger partial charge >= 0.3 is 6.09 Å². The van der Waals surface area contributed by atoms with Gasteiger partial charge in [-0.05, 0) is 12.8 Å². The van der Waals surface area contributed by atoms with Crippen molar-refractivity contribution in [1.29, 1.82) is 0 Å². The first kappa shape index (κ1) is 14.5. The SMILES string of the molecule is CCCCC/C=C/CN(CC(N)=O)C(=O)O. The van der Waals surface area contributed by atoms with E-state index in [9.17, 15) is 9.59 Å². The Morgan fingerprint density at radius 1 is 1.31 bits per heavy atom. The summed E-state index contributed by atoms with van der Waals surface area (Å²) in [5, 5.41) is 8.75. The Labute approximate surface area is 95.9 Å². The van der Waals surface area contributed by atoms with Crippen molar-refractivity contribution in [1.82, 2.24) is 4.90 Å². The Morgan fingerprint density at radius 2 is 2.00 bits per heavy atom. The molecule has 0 aliphatic heterocycles. The number of carbonyl (C=O) groups excluding carboxylic acids is 1. The molecule has 0 heterocycles. The van der Waals surface area contributed by atoms with Crippen LogP contribution in [-0.4, -0.2) is 35.1 Å². The van der Waals surface area contributed by atoms with Crippen LogP contribution in [0.1, 0.15) is 32.6 Å². The summed E-state index contributed by atoms with van der Waals surface area (Å²) in [6, 6.07) is 0. The predicted molar refractivity (Wildman–Crippen MR) is 62.1 cm³/mol. The van der Waals surface area contributed by atoms with Gasteiger partial charge in [0.05, 0.1) is 0 Å². The van der Waals surface area contributed by atoms with E-state index in [2.05, 4.69) is 6.92 Å². The summed E-state index contributed by atoms with van der Waals surface area (Å²) >= 11 is 0. The Hall–Kier alpha value is -1.52. The number of nitrogens with zero attached hydrogens (tertiary/aromatic N) is 1. The van der Waals surface area contributed by atoms with Gasteiger partial charge in [0.15, 0.2) is 0 Å². The number of primary amides is 1. The molecule has 0 aliphatic carbocycles. The van der Waals surface area contributed by atoms with Gasteiger partial charge in [0.25, 0.3) is 0 Å². The van der Waals surface area contributed by atoms with Gasteiger partial charge in [-0.1, -0.05) is 31.9 Å². The molecule has 0 aromatic heterocycles. The number of amides is 2. The maximum absolute atomic E-state index is 10.7. The van der Waals surface area contributed by atoms with E-state index in [0.29, 0.717) is 0 Å². The minimum absolute atomic E-state index is 0.213. The molecule has 0 unspecified atom stereocenters. The molecule has 16 heavy (non-hydrogen) atoms. The number of unbranched alkanes of at least 4 members (excludes halogenated alkanes) is 3. The lowest BCUT2D eigenvalue weighted by atomic mass is 10.2. The van der Waals surface area contributed by atoms with Crippen LogP contribution in [0.15, 0.2) is 12.2 Å². The van der Waals surface area contributed by atoms with E-state index in [1.165, 1.54) is 6.42 Å². The minimum atomic E-state index is -1.13. The molecule has 92 valence electrons. The van der Waals surface area contributed by atoms with Gasteiger partial charge in [-0.3, -0.25) is 9.69 Å². The van der Waals surface area contributed by atoms with Crippen LogP contribution in [0.3, 0.4) is 0 Å². The van der Waals surface area contributed by atoms with E-state index in [0.717, 1.165) is 24.2 Å². The Balaban J connectivity index is 3.83. The number of carbonyl (C=O) groups is 2. The number of rotatable bonds is 8. The van der Waals surface area contributed by atoms with Crippen LogP contribution < -0.4 is 5.73 Å². The normalized spacial score (nSPS) is 10.6. The molecule has 3 N–H and O–H groups in total. The van der Waals surface area contributed by atoms with Gasteiger partial charge in [-0.25, -0.2) is 4.79 Å². The Kier molecular flexibility index (Phi) is 7.93. The first-order valence-electron chi connectivity index (χ1n) is 5.49. The zero-order valence-corrected chi connectivity index (χ0v) is 9.69. The molecular weight excluding hydrogens is 208 g/mol. The van der Waals surface area contributed by atoms with Crippen molar-refractivity contribution in [3.63, 3.8) is 0 Å². The van der Waals surface area contributed by atoms with Crippen LogP contribution in [-0.2, 0) is 4.79 Å². The molecule has 0 radical (unpaired) electrons. The van der Waals surface area contributed by atoms with Gasteiger partial charge in [0.1, 0.15) is 6.54 Å². The first-order valence-corrected chi connectivity index (χ1v) is 5.49. The van der Waals surface area contributed by atoms with Crippen LogP contribution in [0.2, 0.25) is 0 Å². The second kappa shape index (κ2) is 8.76. The topological polar surface area (TPSA) is 83.6 Å². The van der Waals surface area contributed by atoms with Gasteiger partial charge in [-0.15, -0.1) is 0 Å². The molecule has 5 heteroatoms. The average Bonchev–Trinajstić information content (AvgIpc) is 2.20. The lowest BCUT2D eigenvalue weighted by Crippen LogP contribution is -2.37. The lowest BCUT2D eigenvalue weighted by Gasteiger charge is -2.14. The van der Waals surface area contributed by atoms with Crippen molar-refractivity contribution in [2.45, 2.75) is 32.6 Å². The minimum Gasteiger partial charge on any atom is -0.465 e.